The molecule has 0 radical (unpaired) electrons. The van der Waals surface area contributed by atoms with Crippen LogP contribution in [0.15, 0.2) is 0 Å². The van der Waals surface area contributed by atoms with Crippen molar-refractivity contribution < 1.29 is 9.53 Å². The van der Waals surface area contributed by atoms with Crippen molar-refractivity contribution in [3.05, 3.63) is 0 Å². The molecule has 5 heteroatoms. The first kappa shape index (κ1) is 18.4. The number of amides is 1. The normalized spacial score (nSPS) is 24.5. The molecule has 3 N–H and O–H groups in total. The number of carbonyl (C=O) groups is 1. The second-order valence-electron chi connectivity index (χ2n) is 6.39. The fourth-order valence-corrected chi connectivity index (χ4v) is 3.12. The number of nitrogens with two attached hydrogens (primary N) is 1. The highest BCUT2D eigenvalue weighted by atomic mass is 16.5. The van der Waals surface area contributed by atoms with E-state index in [1.807, 2.05) is 13.8 Å². The maximum absolute atomic E-state index is 11.8. The number of hydrogen-bond donors (Lipinski definition) is 2. The third kappa shape index (κ3) is 5.57. The fourth-order valence-electron chi connectivity index (χ4n) is 3.12. The number of likely N-dealkylation sites (tertiary alicyclic amines) is 1. The molecule has 3 atom stereocenters. The Kier molecular flexibility index (Phi) is 7.63. The van der Waals surface area contributed by atoms with Crippen molar-refractivity contribution in [1.29, 1.82) is 0 Å². The van der Waals surface area contributed by atoms with Crippen LogP contribution in [0.5, 0.6) is 0 Å². The molecule has 21 heavy (non-hydrogen) atoms. The summed E-state index contributed by atoms with van der Waals surface area (Å²) in [4.78, 5) is 14.3. The number of ether oxygens (including phenoxy) is 1. The van der Waals surface area contributed by atoms with E-state index in [1.165, 1.54) is 0 Å². The van der Waals surface area contributed by atoms with Gasteiger partial charge in [-0.15, -0.1) is 0 Å². The van der Waals surface area contributed by atoms with E-state index in [2.05, 4.69) is 24.1 Å². The molecule has 0 spiro atoms. The van der Waals surface area contributed by atoms with E-state index in [1.54, 1.807) is 0 Å². The Bertz CT molecular complexity index is 323. The van der Waals surface area contributed by atoms with Crippen LogP contribution >= 0.6 is 0 Å². The van der Waals surface area contributed by atoms with Crippen molar-refractivity contribution in [3.63, 3.8) is 0 Å². The van der Waals surface area contributed by atoms with Crippen LogP contribution in [-0.4, -0.2) is 54.7 Å². The Morgan fingerprint density at radius 2 is 2.24 bits per heavy atom. The fraction of sp³-hybridized carbons (Fsp3) is 0.938. The maximum atomic E-state index is 11.8. The van der Waals surface area contributed by atoms with Gasteiger partial charge in [0.05, 0.1) is 11.6 Å². The van der Waals surface area contributed by atoms with E-state index in [-0.39, 0.29) is 5.91 Å². The van der Waals surface area contributed by atoms with Crippen molar-refractivity contribution in [2.75, 3.05) is 26.2 Å². The third-order valence-electron chi connectivity index (χ3n) is 4.45. The van der Waals surface area contributed by atoms with Gasteiger partial charge in [-0.3, -0.25) is 9.69 Å². The molecular weight excluding hydrogens is 266 g/mol. The number of nitrogens with zero attached hydrogens (tertiary/aromatic N) is 1. The van der Waals surface area contributed by atoms with Crippen LogP contribution in [-0.2, 0) is 9.53 Å². The summed E-state index contributed by atoms with van der Waals surface area (Å²) >= 11 is 0. The number of piperidine rings is 1. The van der Waals surface area contributed by atoms with Crippen LogP contribution in [0.2, 0.25) is 0 Å². The molecule has 0 aromatic heterocycles. The highest BCUT2D eigenvalue weighted by Crippen LogP contribution is 2.21. The van der Waals surface area contributed by atoms with Gasteiger partial charge >= 0.3 is 0 Å². The standard InChI is InChI=1S/C16H33N3O2/c1-5-9-18-16(4,15(17)20)11-13(3)19-10-7-8-14(12-19)21-6-2/h13-14,18H,5-12H2,1-4H3,(H2,17,20). The minimum absolute atomic E-state index is 0.263. The van der Waals surface area contributed by atoms with Gasteiger partial charge < -0.3 is 15.8 Å². The molecule has 1 fully saturated rings. The Morgan fingerprint density at radius 3 is 2.81 bits per heavy atom. The van der Waals surface area contributed by atoms with Crippen molar-refractivity contribution in [2.24, 2.45) is 5.73 Å². The number of carbonyl (C=O) groups excluding carboxylic acids is 1. The van der Waals surface area contributed by atoms with Crippen LogP contribution in [0.3, 0.4) is 0 Å². The van der Waals surface area contributed by atoms with Crippen molar-refractivity contribution >= 4 is 5.91 Å². The molecule has 3 unspecified atom stereocenters. The average molecular weight is 299 g/mol. The van der Waals surface area contributed by atoms with Crippen molar-refractivity contribution in [3.8, 4) is 0 Å². The minimum Gasteiger partial charge on any atom is -0.377 e. The molecule has 0 aromatic rings. The van der Waals surface area contributed by atoms with Crippen molar-refractivity contribution in [1.82, 2.24) is 10.2 Å². The molecule has 1 heterocycles. The van der Waals surface area contributed by atoms with Gasteiger partial charge in [-0.2, -0.15) is 0 Å². The van der Waals surface area contributed by atoms with Crippen LogP contribution in [0.1, 0.15) is 53.4 Å². The molecule has 1 saturated heterocycles. The van der Waals surface area contributed by atoms with E-state index in [0.29, 0.717) is 12.1 Å². The largest absolute Gasteiger partial charge is 0.377 e. The van der Waals surface area contributed by atoms with Gasteiger partial charge in [0.1, 0.15) is 0 Å². The quantitative estimate of drug-likeness (QED) is 0.677. The summed E-state index contributed by atoms with van der Waals surface area (Å²) in [5.74, 6) is -0.263. The molecule has 0 aliphatic carbocycles. The van der Waals surface area contributed by atoms with Gasteiger partial charge in [0, 0.05) is 19.2 Å². The van der Waals surface area contributed by atoms with Crippen molar-refractivity contribution in [2.45, 2.75) is 71.1 Å². The average Bonchev–Trinajstić information content (AvgIpc) is 2.45. The first-order valence-corrected chi connectivity index (χ1v) is 8.33. The Balaban J connectivity index is 2.59. The summed E-state index contributed by atoms with van der Waals surface area (Å²) < 4.78 is 5.76. The zero-order chi connectivity index (χ0) is 15.9. The maximum Gasteiger partial charge on any atom is 0.237 e. The smallest absolute Gasteiger partial charge is 0.237 e. The van der Waals surface area contributed by atoms with E-state index < -0.39 is 5.54 Å². The first-order valence-electron chi connectivity index (χ1n) is 8.33. The zero-order valence-corrected chi connectivity index (χ0v) is 14.2. The van der Waals surface area contributed by atoms with Gasteiger partial charge in [0.15, 0.2) is 0 Å². The predicted molar refractivity (Wildman–Crippen MR) is 86.2 cm³/mol. The van der Waals surface area contributed by atoms with E-state index in [4.69, 9.17) is 10.5 Å². The lowest BCUT2D eigenvalue weighted by atomic mass is 9.91. The molecule has 0 aromatic carbocycles. The zero-order valence-electron chi connectivity index (χ0n) is 14.2. The molecule has 0 saturated carbocycles. The van der Waals surface area contributed by atoms with Gasteiger partial charge in [-0.1, -0.05) is 6.92 Å². The van der Waals surface area contributed by atoms with Gasteiger partial charge in [0.2, 0.25) is 5.91 Å². The predicted octanol–water partition coefficient (Wildman–Crippen LogP) is 1.51. The van der Waals surface area contributed by atoms with Crippen LogP contribution < -0.4 is 11.1 Å². The molecular formula is C16H33N3O2. The molecule has 1 aliphatic rings. The van der Waals surface area contributed by atoms with E-state index >= 15 is 0 Å². The van der Waals surface area contributed by atoms with E-state index in [0.717, 1.165) is 51.9 Å². The Hall–Kier alpha value is -0.650. The number of rotatable bonds is 9. The highest BCUT2D eigenvalue weighted by Gasteiger charge is 2.35. The summed E-state index contributed by atoms with van der Waals surface area (Å²) in [6.07, 6.45) is 4.35. The van der Waals surface area contributed by atoms with E-state index in [9.17, 15) is 4.79 Å². The summed E-state index contributed by atoms with van der Waals surface area (Å²) in [5.41, 5.74) is 4.99. The Labute approximate surface area is 129 Å². The molecule has 0 bridgehead atoms. The summed E-state index contributed by atoms with van der Waals surface area (Å²) in [7, 11) is 0. The van der Waals surface area contributed by atoms with Gasteiger partial charge in [0.25, 0.3) is 0 Å². The highest BCUT2D eigenvalue weighted by molar-refractivity contribution is 5.84. The number of primary amides is 1. The topological polar surface area (TPSA) is 67.6 Å². The number of hydrogen-bond acceptors (Lipinski definition) is 4. The van der Waals surface area contributed by atoms with Crippen LogP contribution in [0, 0.1) is 0 Å². The molecule has 1 aliphatic heterocycles. The minimum atomic E-state index is -0.631. The molecule has 1 rings (SSSR count). The van der Waals surface area contributed by atoms with Gasteiger partial charge in [-0.05, 0) is 59.5 Å². The molecule has 5 nitrogen and oxygen atoms in total. The first-order chi connectivity index (χ1) is 9.92. The third-order valence-corrected chi connectivity index (χ3v) is 4.45. The second-order valence-corrected chi connectivity index (χ2v) is 6.39. The SMILES string of the molecule is CCCNC(C)(CC(C)N1CCCC(OCC)C1)C(N)=O. The lowest BCUT2D eigenvalue weighted by molar-refractivity contribution is -0.124. The molecule has 124 valence electrons. The lowest BCUT2D eigenvalue weighted by Gasteiger charge is -2.40. The monoisotopic (exact) mass is 299 g/mol. The Morgan fingerprint density at radius 1 is 1.52 bits per heavy atom. The van der Waals surface area contributed by atoms with Gasteiger partial charge in [-0.25, -0.2) is 0 Å². The van der Waals surface area contributed by atoms with Crippen LogP contribution in [0.4, 0.5) is 0 Å². The molecule has 1 amide bonds. The lowest BCUT2D eigenvalue weighted by Crippen LogP contribution is -2.57. The van der Waals surface area contributed by atoms with Crippen LogP contribution in [0.25, 0.3) is 0 Å². The summed E-state index contributed by atoms with van der Waals surface area (Å²) in [5, 5.41) is 3.32. The summed E-state index contributed by atoms with van der Waals surface area (Å²) in [6, 6.07) is 0.315. The number of nitrogens with one attached hydrogen (secondary N) is 1. The second kappa shape index (κ2) is 8.71. The summed E-state index contributed by atoms with van der Waals surface area (Å²) in [6.45, 7) is 11.9.